The minimum Gasteiger partial charge on any atom is -0.342 e. The van der Waals surface area contributed by atoms with Crippen molar-refractivity contribution in [2.75, 3.05) is 27.2 Å². The summed E-state index contributed by atoms with van der Waals surface area (Å²) in [7, 11) is 4.13. The van der Waals surface area contributed by atoms with E-state index in [0.717, 1.165) is 38.8 Å². The van der Waals surface area contributed by atoms with Crippen LogP contribution in [0, 0.1) is 5.92 Å². The number of hydrogen-bond donors (Lipinski definition) is 0. The smallest absolute Gasteiger partial charge is 0.225 e. The predicted molar refractivity (Wildman–Crippen MR) is 78.7 cm³/mol. The van der Waals surface area contributed by atoms with E-state index in [1.165, 1.54) is 0 Å². The Morgan fingerprint density at radius 2 is 1.44 bits per heavy atom. The molecule has 2 rings (SSSR count). The highest BCUT2D eigenvalue weighted by atomic mass is 16.2. The number of rotatable bonds is 2. The van der Waals surface area contributed by atoms with Gasteiger partial charge in [0.25, 0.3) is 0 Å². The minimum atomic E-state index is 0.375. The van der Waals surface area contributed by atoms with E-state index in [2.05, 4.69) is 11.9 Å². The van der Waals surface area contributed by atoms with Gasteiger partial charge in [-0.1, -0.05) is 27.7 Å². The first-order valence-corrected chi connectivity index (χ1v) is 7.63. The summed E-state index contributed by atoms with van der Waals surface area (Å²) in [5.74, 6) is 0.763. The third-order valence-corrected chi connectivity index (χ3v) is 3.51. The van der Waals surface area contributed by atoms with E-state index in [1.54, 1.807) is 0 Å². The van der Waals surface area contributed by atoms with E-state index < -0.39 is 0 Å². The van der Waals surface area contributed by atoms with Gasteiger partial charge >= 0.3 is 0 Å². The number of amides is 1. The molecule has 0 aromatic carbocycles. The molecule has 0 spiro atoms. The standard InChI is InChI=1S/C11H20N2O.2C2H6/c1-12-7-5-10(6-8-12)13(2)11(14)9-3-4-9;2*1-2/h9-10H,3-8H2,1-2H3;2*1-2H3. The van der Waals surface area contributed by atoms with E-state index in [9.17, 15) is 4.79 Å². The molecule has 1 saturated heterocycles. The molecule has 0 radical (unpaired) electrons. The molecule has 1 aliphatic carbocycles. The Kier molecular flexibility index (Phi) is 9.08. The van der Waals surface area contributed by atoms with Crippen molar-refractivity contribution in [1.82, 2.24) is 9.80 Å². The Labute approximate surface area is 114 Å². The quantitative estimate of drug-likeness (QED) is 0.758. The zero-order chi connectivity index (χ0) is 14.1. The van der Waals surface area contributed by atoms with Gasteiger partial charge in [0, 0.05) is 19.0 Å². The fourth-order valence-corrected chi connectivity index (χ4v) is 2.18. The number of piperidine rings is 1. The van der Waals surface area contributed by atoms with E-state index in [1.807, 2.05) is 39.6 Å². The molecule has 0 unspecified atom stereocenters. The molecular formula is C15H32N2O. The number of nitrogens with zero attached hydrogens (tertiary/aromatic N) is 2. The monoisotopic (exact) mass is 256 g/mol. The maximum atomic E-state index is 11.8. The highest BCUT2D eigenvalue weighted by Gasteiger charge is 2.35. The fourth-order valence-electron chi connectivity index (χ4n) is 2.18. The average molecular weight is 256 g/mol. The summed E-state index contributed by atoms with van der Waals surface area (Å²) in [6.45, 7) is 10.3. The first-order valence-electron chi connectivity index (χ1n) is 7.63. The minimum absolute atomic E-state index is 0.375. The molecule has 0 bridgehead atoms. The van der Waals surface area contributed by atoms with Crippen LogP contribution in [0.4, 0.5) is 0 Å². The molecule has 3 nitrogen and oxygen atoms in total. The fraction of sp³-hybridized carbons (Fsp3) is 0.933. The van der Waals surface area contributed by atoms with Crippen LogP contribution in [0.5, 0.6) is 0 Å². The van der Waals surface area contributed by atoms with E-state index >= 15 is 0 Å². The van der Waals surface area contributed by atoms with Crippen LogP contribution in [0.25, 0.3) is 0 Å². The first-order chi connectivity index (χ1) is 8.68. The molecule has 108 valence electrons. The SMILES string of the molecule is CC.CC.CN1CCC(N(C)C(=O)C2CC2)CC1. The van der Waals surface area contributed by atoms with Gasteiger partial charge in [-0.25, -0.2) is 0 Å². The van der Waals surface area contributed by atoms with Crippen LogP contribution in [0.2, 0.25) is 0 Å². The van der Waals surface area contributed by atoms with E-state index in [4.69, 9.17) is 0 Å². The molecule has 0 aromatic heterocycles. The van der Waals surface area contributed by atoms with Crippen LogP contribution in [0.15, 0.2) is 0 Å². The van der Waals surface area contributed by atoms with Crippen molar-refractivity contribution in [1.29, 1.82) is 0 Å². The number of hydrogen-bond acceptors (Lipinski definition) is 2. The van der Waals surface area contributed by atoms with Crippen molar-refractivity contribution in [3.05, 3.63) is 0 Å². The topological polar surface area (TPSA) is 23.6 Å². The van der Waals surface area contributed by atoms with Gasteiger partial charge in [0.1, 0.15) is 0 Å². The zero-order valence-electron chi connectivity index (χ0n) is 13.2. The Morgan fingerprint density at radius 1 is 1.00 bits per heavy atom. The normalized spacial score (nSPS) is 20.1. The number of likely N-dealkylation sites (tertiary alicyclic amines) is 1. The van der Waals surface area contributed by atoms with Crippen molar-refractivity contribution in [3.63, 3.8) is 0 Å². The van der Waals surface area contributed by atoms with Gasteiger partial charge in [-0.3, -0.25) is 4.79 Å². The molecule has 0 atom stereocenters. The molecule has 2 aliphatic rings. The second kappa shape index (κ2) is 9.37. The Balaban J connectivity index is 0.000000659. The molecular weight excluding hydrogens is 224 g/mol. The lowest BCUT2D eigenvalue weighted by molar-refractivity contribution is -0.134. The highest BCUT2D eigenvalue weighted by molar-refractivity contribution is 5.81. The van der Waals surface area contributed by atoms with Gasteiger partial charge in [0.05, 0.1) is 0 Å². The summed E-state index contributed by atoms with van der Waals surface area (Å²) >= 11 is 0. The summed E-state index contributed by atoms with van der Waals surface area (Å²) in [4.78, 5) is 16.1. The van der Waals surface area contributed by atoms with E-state index in [0.29, 0.717) is 17.9 Å². The number of carbonyl (C=O) groups is 1. The first kappa shape index (κ1) is 17.4. The largest absolute Gasteiger partial charge is 0.342 e. The molecule has 0 N–H and O–H groups in total. The summed E-state index contributed by atoms with van der Waals surface area (Å²) in [5.41, 5.74) is 0. The zero-order valence-corrected chi connectivity index (χ0v) is 13.2. The molecule has 1 aliphatic heterocycles. The average Bonchev–Trinajstić information content (AvgIpc) is 3.27. The Hall–Kier alpha value is -0.570. The third kappa shape index (κ3) is 5.38. The summed E-state index contributed by atoms with van der Waals surface area (Å²) in [6, 6.07) is 0.499. The van der Waals surface area contributed by atoms with Gasteiger partial charge in [0.15, 0.2) is 0 Å². The molecule has 1 amide bonds. The van der Waals surface area contributed by atoms with Gasteiger partial charge in [-0.2, -0.15) is 0 Å². The van der Waals surface area contributed by atoms with Crippen LogP contribution in [-0.4, -0.2) is 48.9 Å². The second-order valence-corrected chi connectivity index (χ2v) is 4.76. The van der Waals surface area contributed by atoms with Gasteiger partial charge in [0.2, 0.25) is 5.91 Å². The summed E-state index contributed by atoms with van der Waals surface area (Å²) < 4.78 is 0. The lowest BCUT2D eigenvalue weighted by Crippen LogP contribution is -2.45. The van der Waals surface area contributed by atoms with Crippen LogP contribution in [0.1, 0.15) is 53.4 Å². The Bertz CT molecular complexity index is 219. The molecule has 3 heteroatoms. The highest BCUT2D eigenvalue weighted by Crippen LogP contribution is 2.32. The van der Waals surface area contributed by atoms with Crippen LogP contribution in [0.3, 0.4) is 0 Å². The lowest BCUT2D eigenvalue weighted by atomic mass is 10.0. The van der Waals surface area contributed by atoms with Crippen molar-refractivity contribution < 1.29 is 4.79 Å². The summed E-state index contributed by atoms with van der Waals surface area (Å²) in [6.07, 6.45) is 4.53. The van der Waals surface area contributed by atoms with Crippen molar-refractivity contribution in [2.45, 2.75) is 59.4 Å². The third-order valence-electron chi connectivity index (χ3n) is 3.51. The van der Waals surface area contributed by atoms with Crippen molar-refractivity contribution in [3.8, 4) is 0 Å². The maximum Gasteiger partial charge on any atom is 0.225 e. The molecule has 2 fully saturated rings. The summed E-state index contributed by atoms with van der Waals surface area (Å²) in [5, 5.41) is 0. The maximum absolute atomic E-state index is 11.8. The molecule has 0 aromatic rings. The predicted octanol–water partition coefficient (Wildman–Crippen LogP) is 3.00. The number of carbonyl (C=O) groups excluding carboxylic acids is 1. The van der Waals surface area contributed by atoms with Crippen molar-refractivity contribution in [2.24, 2.45) is 5.92 Å². The molecule has 18 heavy (non-hydrogen) atoms. The van der Waals surface area contributed by atoms with Gasteiger partial charge < -0.3 is 9.80 Å². The van der Waals surface area contributed by atoms with Crippen molar-refractivity contribution >= 4 is 5.91 Å². The molecule has 1 saturated carbocycles. The van der Waals surface area contributed by atoms with Gasteiger partial charge in [-0.05, 0) is 45.8 Å². The lowest BCUT2D eigenvalue weighted by Gasteiger charge is -2.35. The Morgan fingerprint density at radius 3 is 1.83 bits per heavy atom. The second-order valence-electron chi connectivity index (χ2n) is 4.76. The van der Waals surface area contributed by atoms with E-state index in [-0.39, 0.29) is 0 Å². The van der Waals surface area contributed by atoms with Gasteiger partial charge in [-0.15, -0.1) is 0 Å². The van der Waals surface area contributed by atoms with Crippen LogP contribution in [-0.2, 0) is 4.79 Å². The van der Waals surface area contributed by atoms with Crippen LogP contribution >= 0.6 is 0 Å². The van der Waals surface area contributed by atoms with Crippen LogP contribution < -0.4 is 0 Å². The molecule has 1 heterocycles.